The zero-order chi connectivity index (χ0) is 28.1. The first-order valence-electron chi connectivity index (χ1n) is 14.4. The number of fused-ring (bicyclic) bond motifs is 1. The third kappa shape index (κ3) is 6.61. The van der Waals surface area contributed by atoms with E-state index in [0.29, 0.717) is 42.8 Å². The highest BCUT2D eigenvalue weighted by Crippen LogP contribution is 2.34. The highest BCUT2D eigenvalue weighted by atomic mass is 16.5. The van der Waals surface area contributed by atoms with Crippen molar-refractivity contribution in [3.05, 3.63) is 53.9 Å². The first-order chi connectivity index (χ1) is 19.4. The molecule has 8 heteroatoms. The number of aromatic nitrogens is 2. The van der Waals surface area contributed by atoms with Crippen LogP contribution in [0.3, 0.4) is 0 Å². The van der Waals surface area contributed by atoms with Crippen molar-refractivity contribution in [3.63, 3.8) is 0 Å². The number of nitrogens with one attached hydrogen (secondary N) is 1. The maximum atomic E-state index is 13.0. The number of aryl methyl sites for hydroxylation is 2. The van der Waals surface area contributed by atoms with Gasteiger partial charge in [0.05, 0.1) is 26.3 Å². The molecule has 5 rings (SSSR count). The third-order valence-electron chi connectivity index (χ3n) is 8.55. The molecule has 2 heterocycles. The molecule has 212 valence electrons. The molecule has 0 amide bonds. The average Bonchev–Trinajstić information content (AvgIpc) is 2.96. The summed E-state index contributed by atoms with van der Waals surface area (Å²) in [5.74, 6) is 3.39. The number of methoxy groups -OCH3 is 2. The van der Waals surface area contributed by atoms with Gasteiger partial charge in [0.25, 0.3) is 0 Å². The molecule has 2 aliphatic rings. The van der Waals surface area contributed by atoms with Crippen LogP contribution in [0.4, 0.5) is 5.82 Å². The van der Waals surface area contributed by atoms with Gasteiger partial charge in [-0.2, -0.15) is 0 Å². The topological polar surface area (TPSA) is 93.7 Å². The number of anilines is 1. The minimum atomic E-state index is 0.159. The number of carbonyl (C=O) groups excluding carboxylic acids is 2. The molecule has 1 N–H and O–H groups in total. The van der Waals surface area contributed by atoms with Gasteiger partial charge >= 0.3 is 0 Å². The highest BCUT2D eigenvalue weighted by molar-refractivity contribution is 5.91. The number of hydrogen-bond donors (Lipinski definition) is 1. The summed E-state index contributed by atoms with van der Waals surface area (Å²) in [6.45, 7) is 4.27. The van der Waals surface area contributed by atoms with Gasteiger partial charge in [-0.25, -0.2) is 9.97 Å². The molecule has 0 radical (unpaired) electrons. The Kier molecular flexibility index (Phi) is 8.94. The van der Waals surface area contributed by atoms with Crippen LogP contribution in [0.5, 0.6) is 11.5 Å². The number of ether oxygens (including phenoxy) is 2. The second kappa shape index (κ2) is 12.8. The van der Waals surface area contributed by atoms with Crippen LogP contribution in [0.2, 0.25) is 0 Å². The van der Waals surface area contributed by atoms with Crippen LogP contribution in [0.1, 0.15) is 49.7 Å². The predicted molar refractivity (Wildman–Crippen MR) is 156 cm³/mol. The number of carbonyl (C=O) groups is 2. The fourth-order valence-corrected chi connectivity index (χ4v) is 6.21. The van der Waals surface area contributed by atoms with Crippen LogP contribution in [0, 0.1) is 18.8 Å². The molecule has 1 aromatic heterocycles. The van der Waals surface area contributed by atoms with Crippen LogP contribution < -0.4 is 14.8 Å². The van der Waals surface area contributed by atoms with Crippen molar-refractivity contribution >= 4 is 28.3 Å². The number of benzene rings is 2. The summed E-state index contributed by atoms with van der Waals surface area (Å²) in [5, 5.41) is 4.18. The molecule has 0 spiro atoms. The van der Waals surface area contributed by atoms with Crippen molar-refractivity contribution in [2.45, 2.75) is 57.9 Å². The Labute approximate surface area is 236 Å². The van der Waals surface area contributed by atoms with E-state index in [-0.39, 0.29) is 18.2 Å². The van der Waals surface area contributed by atoms with E-state index in [9.17, 15) is 9.59 Å². The van der Waals surface area contributed by atoms with Gasteiger partial charge in [-0.3, -0.25) is 14.5 Å². The minimum Gasteiger partial charge on any atom is -0.497 e. The Morgan fingerprint density at radius 2 is 1.80 bits per heavy atom. The van der Waals surface area contributed by atoms with Crippen molar-refractivity contribution in [1.82, 2.24) is 14.9 Å². The summed E-state index contributed by atoms with van der Waals surface area (Å²) in [4.78, 5) is 36.8. The number of ketones is 2. The number of hydrogen-bond acceptors (Lipinski definition) is 8. The molecule has 2 aromatic carbocycles. The standard InChI is InChI=1S/C32H40N4O4/c1-21-4-12-29-28(14-21)32(35-20-34-29)33-17-26(37)15-22-18-36(19-22)25-9-5-23(6-10-25)30(38)13-8-24-7-11-27(39-2)16-31(24)40-3/h4,7,11-12,14,16,20,22-23,25H,5-6,8-10,13,15,17-19H2,1-3H3,(H,33,34,35). The van der Waals surface area contributed by atoms with Crippen molar-refractivity contribution in [2.24, 2.45) is 11.8 Å². The molecule has 0 atom stereocenters. The third-order valence-corrected chi connectivity index (χ3v) is 8.55. The van der Waals surface area contributed by atoms with Crippen molar-refractivity contribution in [1.29, 1.82) is 0 Å². The van der Waals surface area contributed by atoms with E-state index in [4.69, 9.17) is 9.47 Å². The van der Waals surface area contributed by atoms with Crippen LogP contribution in [0.15, 0.2) is 42.7 Å². The smallest absolute Gasteiger partial charge is 0.152 e. The molecular formula is C32H40N4O4. The second-order valence-electron chi connectivity index (χ2n) is 11.3. The molecule has 1 saturated carbocycles. The van der Waals surface area contributed by atoms with Crippen molar-refractivity contribution in [2.75, 3.05) is 39.2 Å². The molecule has 40 heavy (non-hydrogen) atoms. The summed E-state index contributed by atoms with van der Waals surface area (Å²) in [5.41, 5.74) is 3.06. The van der Waals surface area contributed by atoms with Gasteiger partial charge in [0.15, 0.2) is 5.78 Å². The van der Waals surface area contributed by atoms with E-state index in [1.807, 2.05) is 43.3 Å². The van der Waals surface area contributed by atoms with Crippen LogP contribution in [-0.4, -0.2) is 66.3 Å². The zero-order valence-corrected chi connectivity index (χ0v) is 23.8. The lowest BCUT2D eigenvalue weighted by atomic mass is 9.79. The van der Waals surface area contributed by atoms with E-state index in [1.54, 1.807) is 14.2 Å². The largest absolute Gasteiger partial charge is 0.497 e. The maximum Gasteiger partial charge on any atom is 0.152 e. The van der Waals surface area contributed by atoms with Gasteiger partial charge in [0, 0.05) is 49.3 Å². The van der Waals surface area contributed by atoms with E-state index in [2.05, 4.69) is 20.2 Å². The summed E-state index contributed by atoms with van der Waals surface area (Å²) in [6.07, 6.45) is 7.40. The lowest BCUT2D eigenvalue weighted by molar-refractivity contribution is -0.125. The van der Waals surface area contributed by atoms with E-state index in [1.165, 1.54) is 6.33 Å². The zero-order valence-electron chi connectivity index (χ0n) is 23.8. The Morgan fingerprint density at radius 3 is 2.55 bits per heavy atom. The van der Waals surface area contributed by atoms with Gasteiger partial charge in [-0.05, 0) is 68.7 Å². The Bertz CT molecular complexity index is 1350. The summed E-state index contributed by atoms with van der Waals surface area (Å²) >= 11 is 0. The monoisotopic (exact) mass is 544 g/mol. The number of rotatable bonds is 12. The lowest BCUT2D eigenvalue weighted by Crippen LogP contribution is -2.53. The SMILES string of the molecule is COc1ccc(CCC(=O)C2CCC(N3CC(CC(=O)CNc4ncnc5ccc(C)cc45)C3)CC2)c(OC)c1. The van der Waals surface area contributed by atoms with E-state index in [0.717, 1.165) is 72.3 Å². The lowest BCUT2D eigenvalue weighted by Gasteiger charge is -2.46. The van der Waals surface area contributed by atoms with E-state index >= 15 is 0 Å². The molecule has 0 bridgehead atoms. The minimum absolute atomic E-state index is 0.159. The van der Waals surface area contributed by atoms with Gasteiger partial charge in [-0.1, -0.05) is 17.7 Å². The van der Waals surface area contributed by atoms with Gasteiger partial charge in [0.1, 0.15) is 29.4 Å². The Balaban J connectivity index is 1.01. The second-order valence-corrected chi connectivity index (χ2v) is 11.3. The molecule has 2 fully saturated rings. The van der Waals surface area contributed by atoms with Crippen molar-refractivity contribution < 1.29 is 19.1 Å². The first-order valence-corrected chi connectivity index (χ1v) is 14.4. The number of likely N-dealkylation sites (tertiary alicyclic amines) is 1. The number of nitrogens with zero attached hydrogens (tertiary/aromatic N) is 3. The quantitative estimate of drug-likeness (QED) is 0.340. The molecule has 0 unspecified atom stereocenters. The fourth-order valence-electron chi connectivity index (χ4n) is 6.21. The number of Topliss-reactive ketones (excluding diaryl/α,β-unsaturated/α-hetero) is 2. The van der Waals surface area contributed by atoms with Crippen LogP contribution in [0.25, 0.3) is 10.9 Å². The maximum absolute atomic E-state index is 13.0. The Morgan fingerprint density at radius 1 is 1.00 bits per heavy atom. The Hall–Kier alpha value is -3.52. The molecule has 1 aliphatic heterocycles. The average molecular weight is 545 g/mol. The van der Waals surface area contributed by atoms with E-state index < -0.39 is 0 Å². The van der Waals surface area contributed by atoms with Crippen molar-refractivity contribution in [3.8, 4) is 11.5 Å². The van der Waals surface area contributed by atoms with Crippen LogP contribution >= 0.6 is 0 Å². The van der Waals surface area contributed by atoms with Gasteiger partial charge in [0.2, 0.25) is 0 Å². The molecule has 1 aliphatic carbocycles. The summed E-state index contributed by atoms with van der Waals surface area (Å²) in [6, 6.07) is 12.4. The molecule has 3 aromatic rings. The first kappa shape index (κ1) is 28.0. The highest BCUT2D eigenvalue weighted by Gasteiger charge is 2.36. The van der Waals surface area contributed by atoms with Gasteiger partial charge < -0.3 is 14.8 Å². The normalized spacial score (nSPS) is 19.7. The van der Waals surface area contributed by atoms with Crippen LogP contribution in [-0.2, 0) is 16.0 Å². The summed E-state index contributed by atoms with van der Waals surface area (Å²) in [7, 11) is 3.29. The van der Waals surface area contributed by atoms with Gasteiger partial charge in [-0.15, -0.1) is 0 Å². The predicted octanol–water partition coefficient (Wildman–Crippen LogP) is 5.02. The fraction of sp³-hybridized carbons (Fsp3) is 0.500. The molecule has 8 nitrogen and oxygen atoms in total. The molecular weight excluding hydrogens is 504 g/mol. The summed E-state index contributed by atoms with van der Waals surface area (Å²) < 4.78 is 10.8. The molecule has 1 saturated heterocycles.